The molecule has 3 heteroatoms. The number of nitrogens with zero attached hydrogens (tertiary/aromatic N) is 2. The molecule has 0 saturated heterocycles. The van der Waals surface area contributed by atoms with E-state index in [4.69, 9.17) is 11.6 Å². The molecular weight excluding hydrogens is 340 g/mol. The summed E-state index contributed by atoms with van der Waals surface area (Å²) in [6, 6.07) is 14.3. The lowest BCUT2D eigenvalue weighted by Crippen LogP contribution is -2.14. The van der Waals surface area contributed by atoms with Crippen molar-refractivity contribution in [1.29, 1.82) is 0 Å². The molecule has 0 fully saturated rings. The lowest BCUT2D eigenvalue weighted by Gasteiger charge is -2.20. The Kier molecular flexibility index (Phi) is 3.82. The van der Waals surface area contributed by atoms with Crippen LogP contribution < -0.4 is 0 Å². The van der Waals surface area contributed by atoms with Crippen molar-refractivity contribution in [1.82, 2.24) is 9.97 Å². The highest BCUT2D eigenvalue weighted by atomic mass is 35.5. The molecule has 0 saturated carbocycles. The van der Waals surface area contributed by atoms with Crippen LogP contribution in [0.3, 0.4) is 0 Å². The summed E-state index contributed by atoms with van der Waals surface area (Å²) in [5.74, 6) is 0. The van der Waals surface area contributed by atoms with Crippen LogP contribution in [0.15, 0.2) is 73.3 Å². The summed E-state index contributed by atoms with van der Waals surface area (Å²) in [5.41, 5.74) is 7.17. The topological polar surface area (TPSA) is 25.8 Å². The second-order valence-electron chi connectivity index (χ2n) is 7.01. The zero-order valence-electron chi connectivity index (χ0n) is 14.9. The molecule has 4 rings (SSSR count). The van der Waals surface area contributed by atoms with Gasteiger partial charge in [-0.1, -0.05) is 75.6 Å². The number of halogens is 1. The van der Waals surface area contributed by atoms with Crippen molar-refractivity contribution in [3.05, 3.63) is 89.8 Å². The molecule has 0 bridgehead atoms. The number of hydrogen-bond acceptors (Lipinski definition) is 2. The number of fused-ring (bicyclic) bond motifs is 2. The fourth-order valence-electron chi connectivity index (χ4n) is 3.77. The first-order valence-corrected chi connectivity index (χ1v) is 8.92. The number of allylic oxidation sites excluding steroid dienone is 4. The second kappa shape index (κ2) is 5.93. The highest BCUT2D eigenvalue weighted by Crippen LogP contribution is 2.52. The summed E-state index contributed by atoms with van der Waals surface area (Å²) in [4.78, 5) is 8.95. The van der Waals surface area contributed by atoms with Gasteiger partial charge in [0.1, 0.15) is 0 Å². The van der Waals surface area contributed by atoms with Gasteiger partial charge < -0.3 is 0 Å². The third-order valence-corrected chi connectivity index (χ3v) is 5.37. The van der Waals surface area contributed by atoms with Crippen molar-refractivity contribution in [3.8, 4) is 11.3 Å². The van der Waals surface area contributed by atoms with Crippen LogP contribution in [-0.4, -0.2) is 9.97 Å². The van der Waals surface area contributed by atoms with Gasteiger partial charge in [-0.25, -0.2) is 9.97 Å². The van der Waals surface area contributed by atoms with E-state index in [0.29, 0.717) is 0 Å². The Morgan fingerprint density at radius 2 is 1.81 bits per heavy atom. The Hall–Kier alpha value is -2.71. The van der Waals surface area contributed by atoms with Gasteiger partial charge in [0.2, 0.25) is 5.28 Å². The molecule has 0 amide bonds. The van der Waals surface area contributed by atoms with Gasteiger partial charge in [0.05, 0.1) is 11.2 Å². The molecule has 0 unspecified atom stereocenters. The zero-order chi connectivity index (χ0) is 18.5. The fraction of sp³-hybridized carbons (Fsp3) is 0.130. The lowest BCUT2D eigenvalue weighted by molar-refractivity contribution is 0.663. The Bertz CT molecular complexity index is 1110. The van der Waals surface area contributed by atoms with Gasteiger partial charge >= 0.3 is 0 Å². The number of hydrogen-bond donors (Lipinski definition) is 0. The number of aromatic nitrogens is 2. The van der Waals surface area contributed by atoms with Crippen molar-refractivity contribution in [2.45, 2.75) is 19.3 Å². The molecule has 0 aliphatic heterocycles. The lowest BCUT2D eigenvalue weighted by atomic mass is 9.83. The van der Waals surface area contributed by atoms with Crippen molar-refractivity contribution < 1.29 is 0 Å². The minimum absolute atomic E-state index is 0.146. The Morgan fingerprint density at radius 3 is 2.58 bits per heavy atom. The molecule has 1 aliphatic rings. The first kappa shape index (κ1) is 16.7. The van der Waals surface area contributed by atoms with E-state index < -0.39 is 0 Å². The van der Waals surface area contributed by atoms with Crippen LogP contribution in [0, 0.1) is 0 Å². The minimum Gasteiger partial charge on any atom is -0.218 e. The van der Waals surface area contributed by atoms with Crippen LogP contribution >= 0.6 is 11.6 Å². The molecule has 1 aliphatic carbocycles. The standard InChI is InChI=1S/C23H19ClN2/c1-5-9-15-14(2)23(3,4)18-12-8-11-17(20(15)18)21-16-10-6-7-13-19(16)25-22(24)26-21/h5-13H,1-2H2,3-4H3/b15-9+. The quantitative estimate of drug-likeness (QED) is 0.497. The maximum atomic E-state index is 6.24. The highest BCUT2D eigenvalue weighted by Gasteiger charge is 2.38. The van der Waals surface area contributed by atoms with Crippen LogP contribution in [0.5, 0.6) is 0 Å². The third-order valence-electron chi connectivity index (χ3n) is 5.20. The van der Waals surface area contributed by atoms with E-state index >= 15 is 0 Å². The van der Waals surface area contributed by atoms with E-state index in [1.807, 2.05) is 36.4 Å². The Balaban J connectivity index is 2.12. The average Bonchev–Trinajstić information content (AvgIpc) is 2.82. The molecular formula is C23H19ClN2. The monoisotopic (exact) mass is 358 g/mol. The molecule has 26 heavy (non-hydrogen) atoms. The molecule has 1 aromatic heterocycles. The number of rotatable bonds is 2. The van der Waals surface area contributed by atoms with Gasteiger partial charge in [-0.15, -0.1) is 0 Å². The largest absolute Gasteiger partial charge is 0.223 e. The predicted octanol–water partition coefficient (Wildman–Crippen LogP) is 6.37. The smallest absolute Gasteiger partial charge is 0.218 e. The predicted molar refractivity (Wildman–Crippen MR) is 110 cm³/mol. The SMILES string of the molecule is C=C/C=C1\C(=C)C(C)(C)c2cccc(-c3nc(Cl)nc4ccccc34)c21. The molecule has 1 heterocycles. The van der Waals surface area contributed by atoms with Crippen molar-refractivity contribution in [3.63, 3.8) is 0 Å². The highest BCUT2D eigenvalue weighted by molar-refractivity contribution is 6.29. The summed E-state index contributed by atoms with van der Waals surface area (Å²) in [5, 5.41) is 1.24. The molecule has 128 valence electrons. The van der Waals surface area contributed by atoms with E-state index in [0.717, 1.165) is 38.9 Å². The maximum Gasteiger partial charge on any atom is 0.223 e. The molecule has 0 spiro atoms. The summed E-state index contributed by atoms with van der Waals surface area (Å²) < 4.78 is 0. The number of para-hydroxylation sites is 1. The van der Waals surface area contributed by atoms with Gasteiger partial charge in [0.25, 0.3) is 0 Å². The molecule has 3 aromatic rings. The van der Waals surface area contributed by atoms with Gasteiger partial charge in [-0.2, -0.15) is 0 Å². The molecule has 2 aromatic carbocycles. The average molecular weight is 359 g/mol. The number of benzene rings is 2. The van der Waals surface area contributed by atoms with Crippen molar-refractivity contribution >= 4 is 28.1 Å². The van der Waals surface area contributed by atoms with Gasteiger partial charge in [-0.05, 0) is 39.9 Å². The molecule has 0 radical (unpaired) electrons. The zero-order valence-corrected chi connectivity index (χ0v) is 15.6. The molecule has 0 N–H and O–H groups in total. The second-order valence-corrected chi connectivity index (χ2v) is 7.34. The van der Waals surface area contributed by atoms with Crippen LogP contribution in [0.25, 0.3) is 27.7 Å². The van der Waals surface area contributed by atoms with Gasteiger partial charge in [0, 0.05) is 16.4 Å². The minimum atomic E-state index is -0.146. The van der Waals surface area contributed by atoms with Crippen LogP contribution in [0.2, 0.25) is 5.28 Å². The Morgan fingerprint density at radius 1 is 1.04 bits per heavy atom. The Labute approximate surface area is 158 Å². The van der Waals surface area contributed by atoms with E-state index in [-0.39, 0.29) is 10.7 Å². The fourth-order valence-corrected chi connectivity index (χ4v) is 3.94. The first-order chi connectivity index (χ1) is 12.4. The first-order valence-electron chi connectivity index (χ1n) is 8.54. The van der Waals surface area contributed by atoms with E-state index in [2.05, 4.69) is 55.2 Å². The van der Waals surface area contributed by atoms with Crippen LogP contribution in [0.4, 0.5) is 0 Å². The van der Waals surface area contributed by atoms with Gasteiger partial charge in [0.15, 0.2) is 0 Å². The van der Waals surface area contributed by atoms with E-state index in [1.54, 1.807) is 0 Å². The van der Waals surface area contributed by atoms with Crippen LogP contribution in [0.1, 0.15) is 25.0 Å². The third kappa shape index (κ3) is 2.33. The molecule has 0 atom stereocenters. The summed E-state index contributed by atoms with van der Waals surface area (Å²) in [6.07, 6.45) is 3.85. The maximum absolute atomic E-state index is 6.24. The van der Waals surface area contributed by atoms with E-state index in [9.17, 15) is 0 Å². The summed E-state index contributed by atoms with van der Waals surface area (Å²) in [7, 11) is 0. The van der Waals surface area contributed by atoms with Gasteiger partial charge in [-0.3, -0.25) is 0 Å². The van der Waals surface area contributed by atoms with Crippen molar-refractivity contribution in [2.24, 2.45) is 0 Å². The summed E-state index contributed by atoms with van der Waals surface area (Å²) in [6.45, 7) is 12.6. The molecule has 2 nitrogen and oxygen atoms in total. The normalized spacial score (nSPS) is 16.9. The van der Waals surface area contributed by atoms with Crippen molar-refractivity contribution in [2.75, 3.05) is 0 Å². The van der Waals surface area contributed by atoms with Crippen LogP contribution in [-0.2, 0) is 5.41 Å². The summed E-state index contributed by atoms with van der Waals surface area (Å²) >= 11 is 6.24. The van der Waals surface area contributed by atoms with E-state index in [1.165, 1.54) is 5.56 Å².